The first-order chi connectivity index (χ1) is 11.7. The quantitative estimate of drug-likeness (QED) is 0.664. The van der Waals surface area contributed by atoms with Crippen LogP contribution < -0.4 is 5.32 Å². The molecule has 3 nitrogen and oxygen atoms in total. The number of amides is 1. The molecule has 1 atom stereocenters. The third-order valence-electron chi connectivity index (χ3n) is 4.13. The van der Waals surface area contributed by atoms with Gasteiger partial charge >= 0.3 is 0 Å². The number of benzene rings is 2. The maximum Gasteiger partial charge on any atom is 0.220 e. The molecule has 0 spiro atoms. The van der Waals surface area contributed by atoms with Gasteiger partial charge in [0.15, 0.2) is 0 Å². The summed E-state index contributed by atoms with van der Waals surface area (Å²) in [6.45, 7) is 2.07. The molecule has 2 N–H and O–H groups in total. The summed E-state index contributed by atoms with van der Waals surface area (Å²) in [7, 11) is 0. The van der Waals surface area contributed by atoms with Crippen molar-refractivity contribution >= 4 is 28.0 Å². The van der Waals surface area contributed by atoms with Crippen molar-refractivity contribution in [2.24, 2.45) is 0 Å². The van der Waals surface area contributed by atoms with E-state index < -0.39 is 0 Å². The molecule has 1 amide bonds. The highest BCUT2D eigenvalue weighted by Crippen LogP contribution is 2.36. The molecule has 2 aromatic carbocycles. The van der Waals surface area contributed by atoms with Gasteiger partial charge in [-0.2, -0.15) is 0 Å². The summed E-state index contributed by atoms with van der Waals surface area (Å²) < 4.78 is 0. The molecular weight excluding hydrogens is 318 g/mol. The van der Waals surface area contributed by atoms with E-state index in [9.17, 15) is 9.90 Å². The van der Waals surface area contributed by atoms with Crippen molar-refractivity contribution in [1.82, 2.24) is 5.32 Å². The van der Waals surface area contributed by atoms with Crippen molar-refractivity contribution in [2.45, 2.75) is 32.2 Å². The zero-order chi connectivity index (χ0) is 16.9. The highest BCUT2D eigenvalue weighted by atomic mass is 32.1. The molecule has 1 heterocycles. The third kappa shape index (κ3) is 3.44. The van der Waals surface area contributed by atoms with Gasteiger partial charge < -0.3 is 10.4 Å². The Balaban J connectivity index is 1.99. The smallest absolute Gasteiger partial charge is 0.220 e. The lowest BCUT2D eigenvalue weighted by Gasteiger charge is -2.20. The average Bonchev–Trinajstić information content (AvgIpc) is 3.13. The van der Waals surface area contributed by atoms with E-state index in [-0.39, 0.29) is 17.7 Å². The summed E-state index contributed by atoms with van der Waals surface area (Å²) in [6.07, 6.45) is 2.36. The van der Waals surface area contributed by atoms with Crippen molar-refractivity contribution in [3.05, 3.63) is 64.4 Å². The Morgan fingerprint density at radius 3 is 2.75 bits per heavy atom. The standard InChI is InChI=1S/C20H21NO2S/c1-2-3-10-18(22)21-19(17-9-6-13-24-17)16-12-11-14-7-4-5-8-15(14)20(16)23/h4-9,11-13,19,23H,2-3,10H2,1H3,(H,21,22)/t19-/m1/s1. The summed E-state index contributed by atoms with van der Waals surface area (Å²) in [4.78, 5) is 13.3. The molecule has 0 aliphatic heterocycles. The predicted octanol–water partition coefficient (Wildman–Crippen LogP) is 5.00. The number of carbonyl (C=O) groups excluding carboxylic acids is 1. The Bertz CT molecular complexity index is 827. The van der Waals surface area contributed by atoms with Crippen molar-refractivity contribution < 1.29 is 9.90 Å². The van der Waals surface area contributed by atoms with Crippen LogP contribution in [0.3, 0.4) is 0 Å². The van der Waals surface area contributed by atoms with Gasteiger partial charge in [0.05, 0.1) is 6.04 Å². The number of thiophene rings is 1. The van der Waals surface area contributed by atoms with Crippen LogP contribution >= 0.6 is 11.3 Å². The summed E-state index contributed by atoms with van der Waals surface area (Å²) in [5.74, 6) is 0.255. The van der Waals surface area contributed by atoms with Crippen LogP contribution in [0, 0.1) is 0 Å². The number of hydrogen-bond donors (Lipinski definition) is 2. The van der Waals surface area contributed by atoms with Gasteiger partial charge in [0.1, 0.15) is 5.75 Å². The van der Waals surface area contributed by atoms with Gasteiger partial charge in [-0.25, -0.2) is 0 Å². The van der Waals surface area contributed by atoms with Crippen LogP contribution in [-0.2, 0) is 4.79 Å². The number of aromatic hydroxyl groups is 1. The number of phenols is 1. The van der Waals surface area contributed by atoms with E-state index in [1.807, 2.05) is 53.9 Å². The first kappa shape index (κ1) is 16.5. The van der Waals surface area contributed by atoms with Crippen LogP contribution in [0.15, 0.2) is 53.9 Å². The van der Waals surface area contributed by atoms with Gasteiger partial charge in [-0.15, -0.1) is 11.3 Å². The highest BCUT2D eigenvalue weighted by molar-refractivity contribution is 7.10. The van der Waals surface area contributed by atoms with Crippen molar-refractivity contribution in [2.75, 3.05) is 0 Å². The van der Waals surface area contributed by atoms with Crippen molar-refractivity contribution in [3.63, 3.8) is 0 Å². The third-order valence-corrected chi connectivity index (χ3v) is 5.07. The lowest BCUT2D eigenvalue weighted by molar-refractivity contribution is -0.121. The molecule has 0 radical (unpaired) electrons. The van der Waals surface area contributed by atoms with Crippen LogP contribution in [0.1, 0.15) is 42.7 Å². The predicted molar refractivity (Wildman–Crippen MR) is 99.4 cm³/mol. The second-order valence-corrected chi connectivity index (χ2v) is 6.82. The molecule has 1 aromatic heterocycles. The van der Waals surface area contributed by atoms with Gasteiger partial charge in [-0.05, 0) is 23.3 Å². The molecule has 3 aromatic rings. The minimum atomic E-state index is -0.320. The van der Waals surface area contributed by atoms with E-state index in [0.29, 0.717) is 6.42 Å². The zero-order valence-corrected chi connectivity index (χ0v) is 14.5. The van der Waals surface area contributed by atoms with E-state index in [4.69, 9.17) is 0 Å². The van der Waals surface area contributed by atoms with E-state index >= 15 is 0 Å². The Morgan fingerprint density at radius 1 is 1.17 bits per heavy atom. The molecule has 0 aliphatic carbocycles. The second-order valence-electron chi connectivity index (χ2n) is 5.84. The average molecular weight is 339 g/mol. The first-order valence-electron chi connectivity index (χ1n) is 8.24. The number of carbonyl (C=O) groups is 1. The fourth-order valence-electron chi connectivity index (χ4n) is 2.83. The minimum Gasteiger partial charge on any atom is -0.507 e. The number of rotatable bonds is 6. The summed E-state index contributed by atoms with van der Waals surface area (Å²) in [5.41, 5.74) is 0.737. The van der Waals surface area contributed by atoms with Crippen LogP contribution in [0.5, 0.6) is 5.75 Å². The molecule has 0 saturated carbocycles. The molecule has 0 bridgehead atoms. The highest BCUT2D eigenvalue weighted by Gasteiger charge is 2.21. The SMILES string of the molecule is CCCCC(=O)N[C@@H](c1cccs1)c1ccc2ccccc2c1O. The Kier molecular flexibility index (Phi) is 5.16. The summed E-state index contributed by atoms with van der Waals surface area (Å²) >= 11 is 1.58. The Morgan fingerprint density at radius 2 is 2.00 bits per heavy atom. The van der Waals surface area contributed by atoms with E-state index in [0.717, 1.165) is 34.1 Å². The lowest BCUT2D eigenvalue weighted by atomic mass is 9.99. The van der Waals surface area contributed by atoms with E-state index in [1.54, 1.807) is 11.3 Å². The van der Waals surface area contributed by atoms with Crippen LogP contribution in [-0.4, -0.2) is 11.0 Å². The molecule has 4 heteroatoms. The summed E-state index contributed by atoms with van der Waals surface area (Å²) in [5, 5.41) is 17.6. The molecular formula is C20H21NO2S. The van der Waals surface area contributed by atoms with Crippen LogP contribution in [0.2, 0.25) is 0 Å². The fraction of sp³-hybridized carbons (Fsp3) is 0.250. The first-order valence-corrected chi connectivity index (χ1v) is 9.12. The van der Waals surface area contributed by atoms with Gasteiger partial charge in [0.25, 0.3) is 0 Å². The number of nitrogens with one attached hydrogen (secondary N) is 1. The Labute approximate surface area is 146 Å². The molecule has 124 valence electrons. The van der Waals surface area contributed by atoms with E-state index in [2.05, 4.69) is 12.2 Å². The van der Waals surface area contributed by atoms with Crippen LogP contribution in [0.25, 0.3) is 10.8 Å². The number of phenolic OH excluding ortho intramolecular Hbond substituents is 1. The fourth-order valence-corrected chi connectivity index (χ4v) is 3.63. The largest absolute Gasteiger partial charge is 0.507 e. The molecule has 3 rings (SSSR count). The number of hydrogen-bond acceptors (Lipinski definition) is 3. The summed E-state index contributed by atoms with van der Waals surface area (Å²) in [6, 6.07) is 15.3. The van der Waals surface area contributed by atoms with Gasteiger partial charge in [-0.1, -0.05) is 55.8 Å². The second kappa shape index (κ2) is 7.49. The lowest BCUT2D eigenvalue weighted by Crippen LogP contribution is -2.28. The molecule has 0 aliphatic rings. The topological polar surface area (TPSA) is 49.3 Å². The van der Waals surface area contributed by atoms with E-state index in [1.165, 1.54) is 0 Å². The molecule has 24 heavy (non-hydrogen) atoms. The zero-order valence-electron chi connectivity index (χ0n) is 13.7. The normalized spacial score (nSPS) is 12.2. The maximum absolute atomic E-state index is 12.3. The number of unbranched alkanes of at least 4 members (excludes halogenated alkanes) is 1. The Hall–Kier alpha value is -2.33. The molecule has 0 fully saturated rings. The molecule has 0 unspecified atom stereocenters. The number of fused-ring (bicyclic) bond motifs is 1. The van der Waals surface area contributed by atoms with Gasteiger partial charge in [0, 0.05) is 22.2 Å². The van der Waals surface area contributed by atoms with Crippen molar-refractivity contribution in [1.29, 1.82) is 0 Å². The van der Waals surface area contributed by atoms with Crippen LogP contribution in [0.4, 0.5) is 0 Å². The van der Waals surface area contributed by atoms with Crippen molar-refractivity contribution in [3.8, 4) is 5.75 Å². The van der Waals surface area contributed by atoms with Gasteiger partial charge in [0.2, 0.25) is 5.91 Å². The van der Waals surface area contributed by atoms with Gasteiger partial charge in [-0.3, -0.25) is 4.79 Å². The maximum atomic E-state index is 12.3. The minimum absolute atomic E-state index is 0.0165. The monoisotopic (exact) mass is 339 g/mol. The molecule has 0 saturated heterocycles.